The summed E-state index contributed by atoms with van der Waals surface area (Å²) in [5.74, 6) is -0.825. The van der Waals surface area contributed by atoms with E-state index in [4.69, 9.17) is 9.84 Å². The van der Waals surface area contributed by atoms with Crippen molar-refractivity contribution in [2.24, 2.45) is 0 Å². The van der Waals surface area contributed by atoms with E-state index in [1.807, 2.05) is 32.6 Å². The largest absolute Gasteiger partial charge is 0.481 e. The number of nitrogens with zero attached hydrogens (tertiary/aromatic N) is 2. The molecule has 1 rings (SSSR count). The first kappa shape index (κ1) is 16.8. The molecule has 0 aromatic rings. The Morgan fingerprint density at radius 3 is 2.60 bits per heavy atom. The van der Waals surface area contributed by atoms with E-state index in [2.05, 4.69) is 0 Å². The number of carbonyl (C=O) groups excluding carboxylic acids is 1. The molecule has 2 amide bonds. The van der Waals surface area contributed by atoms with E-state index in [9.17, 15) is 9.59 Å². The molecule has 1 aliphatic heterocycles. The highest BCUT2D eigenvalue weighted by Crippen LogP contribution is 2.16. The highest BCUT2D eigenvalue weighted by Gasteiger charge is 2.31. The number of hydrogen-bond donors (Lipinski definition) is 1. The first-order chi connectivity index (χ1) is 9.32. The summed E-state index contributed by atoms with van der Waals surface area (Å²) in [6.45, 7) is 9.44. The van der Waals surface area contributed by atoms with Gasteiger partial charge in [-0.05, 0) is 34.1 Å². The van der Waals surface area contributed by atoms with Gasteiger partial charge in [0.15, 0.2) is 0 Å². The fraction of sp³-hybridized carbons (Fsp3) is 0.857. The lowest BCUT2D eigenvalue weighted by Crippen LogP contribution is -2.56. The van der Waals surface area contributed by atoms with Crippen LogP contribution in [0.5, 0.6) is 0 Å². The summed E-state index contributed by atoms with van der Waals surface area (Å²) in [6, 6.07) is 0.0918. The molecule has 0 radical (unpaired) electrons. The highest BCUT2D eigenvalue weighted by molar-refractivity contribution is 5.75. The van der Waals surface area contributed by atoms with Crippen LogP contribution in [0.15, 0.2) is 0 Å². The molecule has 1 saturated heterocycles. The van der Waals surface area contributed by atoms with Crippen LogP contribution in [0.1, 0.15) is 40.5 Å². The minimum Gasteiger partial charge on any atom is -0.481 e. The second kappa shape index (κ2) is 7.47. The average Bonchev–Trinajstić information content (AvgIpc) is 2.36. The molecule has 1 aliphatic rings. The molecule has 0 spiro atoms. The summed E-state index contributed by atoms with van der Waals surface area (Å²) >= 11 is 0. The topological polar surface area (TPSA) is 70.1 Å². The lowest BCUT2D eigenvalue weighted by Gasteiger charge is -2.41. The fourth-order valence-corrected chi connectivity index (χ4v) is 2.31. The summed E-state index contributed by atoms with van der Waals surface area (Å²) in [5.41, 5.74) is 0. The van der Waals surface area contributed by atoms with E-state index in [0.717, 1.165) is 0 Å². The summed E-state index contributed by atoms with van der Waals surface area (Å²) in [7, 11) is 0. The summed E-state index contributed by atoms with van der Waals surface area (Å²) in [5, 5.41) is 8.70. The minimum atomic E-state index is -0.825. The molecular formula is C14H26N2O4. The van der Waals surface area contributed by atoms with E-state index >= 15 is 0 Å². The summed E-state index contributed by atoms with van der Waals surface area (Å²) < 4.78 is 5.53. The van der Waals surface area contributed by atoms with Gasteiger partial charge in [-0.15, -0.1) is 0 Å². The van der Waals surface area contributed by atoms with Crippen LogP contribution in [-0.2, 0) is 9.53 Å². The van der Waals surface area contributed by atoms with Crippen molar-refractivity contribution in [1.82, 2.24) is 9.80 Å². The molecular weight excluding hydrogens is 260 g/mol. The fourth-order valence-electron chi connectivity index (χ4n) is 2.31. The first-order valence-electron chi connectivity index (χ1n) is 7.23. The zero-order chi connectivity index (χ0) is 15.3. The number of amides is 2. The SMILES string of the molecule is CC1CN(C(=O)N(CCCC(=O)O)C(C)C)C(C)CO1. The van der Waals surface area contributed by atoms with Crippen LogP contribution in [0.3, 0.4) is 0 Å². The number of carboxylic acids is 1. The van der Waals surface area contributed by atoms with Crippen LogP contribution in [0, 0.1) is 0 Å². The van der Waals surface area contributed by atoms with Crippen LogP contribution >= 0.6 is 0 Å². The number of rotatable bonds is 5. The van der Waals surface area contributed by atoms with Crippen molar-refractivity contribution < 1.29 is 19.4 Å². The molecule has 0 aromatic carbocycles. The molecule has 116 valence electrons. The Kier molecular flexibility index (Phi) is 6.26. The van der Waals surface area contributed by atoms with Crippen molar-refractivity contribution in [3.05, 3.63) is 0 Å². The third-order valence-electron chi connectivity index (χ3n) is 3.51. The Morgan fingerprint density at radius 2 is 2.05 bits per heavy atom. The number of hydrogen-bond acceptors (Lipinski definition) is 3. The molecule has 1 fully saturated rings. The van der Waals surface area contributed by atoms with Crippen molar-refractivity contribution in [3.8, 4) is 0 Å². The Morgan fingerprint density at radius 1 is 1.40 bits per heavy atom. The van der Waals surface area contributed by atoms with Crippen LogP contribution in [-0.4, -0.2) is 64.8 Å². The van der Waals surface area contributed by atoms with Crippen LogP contribution in [0.4, 0.5) is 4.79 Å². The van der Waals surface area contributed by atoms with Gasteiger partial charge in [0.1, 0.15) is 0 Å². The van der Waals surface area contributed by atoms with Crippen LogP contribution in [0.2, 0.25) is 0 Å². The van der Waals surface area contributed by atoms with Gasteiger partial charge in [-0.1, -0.05) is 0 Å². The third kappa shape index (κ3) is 4.67. The van der Waals surface area contributed by atoms with Gasteiger partial charge in [0.25, 0.3) is 0 Å². The predicted molar refractivity (Wildman–Crippen MR) is 75.7 cm³/mol. The van der Waals surface area contributed by atoms with Gasteiger partial charge >= 0.3 is 12.0 Å². The molecule has 0 saturated carbocycles. The van der Waals surface area contributed by atoms with E-state index in [-0.39, 0.29) is 30.6 Å². The first-order valence-corrected chi connectivity index (χ1v) is 7.23. The molecule has 20 heavy (non-hydrogen) atoms. The molecule has 2 atom stereocenters. The molecule has 0 aliphatic carbocycles. The third-order valence-corrected chi connectivity index (χ3v) is 3.51. The maximum atomic E-state index is 12.6. The molecule has 1 heterocycles. The van der Waals surface area contributed by atoms with Gasteiger partial charge in [0, 0.05) is 25.6 Å². The summed E-state index contributed by atoms with van der Waals surface area (Å²) in [4.78, 5) is 26.8. The maximum absolute atomic E-state index is 12.6. The Bertz CT molecular complexity index is 346. The van der Waals surface area contributed by atoms with Crippen molar-refractivity contribution >= 4 is 12.0 Å². The summed E-state index contributed by atoms with van der Waals surface area (Å²) in [6.07, 6.45) is 0.613. The predicted octanol–water partition coefficient (Wildman–Crippen LogP) is 1.79. The van der Waals surface area contributed by atoms with Gasteiger partial charge in [-0.25, -0.2) is 4.79 Å². The normalized spacial score (nSPS) is 22.9. The molecule has 0 bridgehead atoms. The Labute approximate surface area is 120 Å². The number of carbonyl (C=O) groups is 2. The van der Waals surface area contributed by atoms with Gasteiger partial charge < -0.3 is 19.6 Å². The van der Waals surface area contributed by atoms with Gasteiger partial charge in [-0.3, -0.25) is 4.79 Å². The number of morpholine rings is 1. The Hall–Kier alpha value is -1.30. The number of carboxylic acid groups (broad SMARTS) is 1. The molecule has 0 aromatic heterocycles. The standard InChI is InChI=1S/C14H26N2O4/c1-10(2)15(7-5-6-13(17)18)14(19)16-8-12(4)20-9-11(16)3/h10-12H,5-9H2,1-4H3,(H,17,18). The van der Waals surface area contributed by atoms with E-state index in [1.165, 1.54) is 0 Å². The van der Waals surface area contributed by atoms with Gasteiger partial charge in [0.2, 0.25) is 0 Å². The second-order valence-corrected chi connectivity index (χ2v) is 5.71. The highest BCUT2D eigenvalue weighted by atomic mass is 16.5. The van der Waals surface area contributed by atoms with Gasteiger partial charge in [0.05, 0.1) is 18.8 Å². The average molecular weight is 286 g/mol. The minimum absolute atomic E-state index is 0.0203. The zero-order valence-corrected chi connectivity index (χ0v) is 12.8. The number of urea groups is 1. The molecule has 6 heteroatoms. The van der Waals surface area contributed by atoms with Crippen molar-refractivity contribution in [3.63, 3.8) is 0 Å². The second-order valence-electron chi connectivity index (χ2n) is 5.71. The van der Waals surface area contributed by atoms with Crippen molar-refractivity contribution in [1.29, 1.82) is 0 Å². The zero-order valence-electron chi connectivity index (χ0n) is 12.8. The maximum Gasteiger partial charge on any atom is 0.320 e. The lowest BCUT2D eigenvalue weighted by atomic mass is 10.2. The lowest BCUT2D eigenvalue weighted by molar-refractivity contribution is -0.137. The van der Waals surface area contributed by atoms with E-state index in [0.29, 0.717) is 26.1 Å². The molecule has 6 nitrogen and oxygen atoms in total. The van der Waals surface area contributed by atoms with Gasteiger partial charge in [-0.2, -0.15) is 0 Å². The van der Waals surface area contributed by atoms with Crippen molar-refractivity contribution in [2.45, 2.75) is 58.7 Å². The van der Waals surface area contributed by atoms with E-state index < -0.39 is 5.97 Å². The quantitative estimate of drug-likeness (QED) is 0.836. The number of aliphatic carboxylic acids is 1. The van der Waals surface area contributed by atoms with Crippen LogP contribution < -0.4 is 0 Å². The Balaban J connectivity index is 2.64. The smallest absolute Gasteiger partial charge is 0.320 e. The molecule has 2 unspecified atom stereocenters. The van der Waals surface area contributed by atoms with Crippen LogP contribution in [0.25, 0.3) is 0 Å². The molecule has 1 N–H and O–H groups in total. The van der Waals surface area contributed by atoms with E-state index in [1.54, 1.807) is 4.90 Å². The van der Waals surface area contributed by atoms with Crippen molar-refractivity contribution in [2.75, 3.05) is 19.7 Å². The number of ether oxygens (including phenoxy) is 1. The monoisotopic (exact) mass is 286 g/mol.